The largest absolute Gasteiger partial charge is 0.382 e. The van der Waals surface area contributed by atoms with Crippen LogP contribution in [0.25, 0.3) is 10.9 Å². The van der Waals surface area contributed by atoms with Crippen LogP contribution in [-0.4, -0.2) is 52.0 Å². The first-order chi connectivity index (χ1) is 18.0. The normalized spacial score (nSPS) is 23.7. The van der Waals surface area contributed by atoms with Gasteiger partial charge in [0, 0.05) is 6.04 Å². The van der Waals surface area contributed by atoms with Gasteiger partial charge in [0.15, 0.2) is 11.6 Å². The molecule has 0 unspecified atom stereocenters. The van der Waals surface area contributed by atoms with E-state index < -0.39 is 0 Å². The maximum atomic E-state index is 14.0. The molecule has 3 fully saturated rings. The Balaban J connectivity index is 1.61. The van der Waals surface area contributed by atoms with Crippen molar-refractivity contribution in [1.29, 1.82) is 5.26 Å². The van der Waals surface area contributed by atoms with Gasteiger partial charge >= 0.3 is 0 Å². The maximum Gasteiger partial charge on any atom is 0.281 e. The lowest BCUT2D eigenvalue weighted by molar-refractivity contribution is 0.109. The number of aromatic nitrogens is 4. The Hall–Kier alpha value is -3.62. The third kappa shape index (κ3) is 3.91. The Kier molecular flexibility index (Phi) is 6.01. The van der Waals surface area contributed by atoms with Crippen molar-refractivity contribution < 1.29 is 4.74 Å². The van der Waals surface area contributed by atoms with E-state index >= 15 is 0 Å². The zero-order valence-electron chi connectivity index (χ0n) is 20.3. The van der Waals surface area contributed by atoms with Gasteiger partial charge in [0.2, 0.25) is 5.95 Å². The van der Waals surface area contributed by atoms with E-state index in [0.29, 0.717) is 59.8 Å². The van der Waals surface area contributed by atoms with Crippen LogP contribution in [0.4, 0.5) is 17.6 Å². The number of fused-ring (bicyclic) bond motifs is 2. The van der Waals surface area contributed by atoms with Crippen LogP contribution in [0.3, 0.4) is 0 Å². The second-order valence-electron chi connectivity index (χ2n) is 9.84. The van der Waals surface area contributed by atoms with Crippen LogP contribution in [0.15, 0.2) is 23.0 Å². The molecule has 0 radical (unpaired) electrons. The van der Waals surface area contributed by atoms with Crippen LogP contribution in [0.1, 0.15) is 49.5 Å². The van der Waals surface area contributed by atoms with Gasteiger partial charge in [0.25, 0.3) is 5.56 Å². The fourth-order valence-corrected chi connectivity index (χ4v) is 6.46. The van der Waals surface area contributed by atoms with Crippen molar-refractivity contribution in [3.8, 4) is 6.07 Å². The summed E-state index contributed by atoms with van der Waals surface area (Å²) in [4.78, 5) is 29.8. The van der Waals surface area contributed by atoms with E-state index in [1.165, 1.54) is 0 Å². The lowest BCUT2D eigenvalue weighted by atomic mass is 9.84. The second-order valence-corrected chi connectivity index (χ2v) is 10.2. The van der Waals surface area contributed by atoms with Gasteiger partial charge in [-0.15, -0.1) is 0 Å². The number of nitrogen functional groups attached to an aromatic ring is 2. The summed E-state index contributed by atoms with van der Waals surface area (Å²) in [6.07, 6.45) is 4.97. The highest BCUT2D eigenvalue weighted by Gasteiger charge is 2.47. The van der Waals surface area contributed by atoms with E-state index in [1.807, 2.05) is 11.1 Å². The van der Waals surface area contributed by atoms with Crippen molar-refractivity contribution in [3.05, 3.63) is 45.0 Å². The van der Waals surface area contributed by atoms with Crippen LogP contribution in [0.2, 0.25) is 5.02 Å². The molecule has 0 bridgehead atoms. The summed E-state index contributed by atoms with van der Waals surface area (Å²) < 4.78 is 7.24. The summed E-state index contributed by atoms with van der Waals surface area (Å²) in [5.41, 5.74) is 12.7. The van der Waals surface area contributed by atoms with E-state index in [1.54, 1.807) is 16.8 Å². The molecule has 2 aliphatic heterocycles. The molecule has 2 saturated heterocycles. The molecule has 0 amide bonds. The van der Waals surface area contributed by atoms with Gasteiger partial charge in [-0.25, -0.2) is 9.66 Å². The Morgan fingerprint density at radius 1 is 1.11 bits per heavy atom. The second kappa shape index (κ2) is 9.36. The summed E-state index contributed by atoms with van der Waals surface area (Å²) in [5.74, 6) is 1.41. The molecule has 1 saturated carbocycles. The van der Waals surface area contributed by atoms with Crippen LogP contribution in [0.5, 0.6) is 0 Å². The summed E-state index contributed by atoms with van der Waals surface area (Å²) in [6.45, 7) is 2.09. The molecular formula is C25H28ClN9O2. The van der Waals surface area contributed by atoms with Crippen molar-refractivity contribution >= 4 is 40.1 Å². The quantitative estimate of drug-likeness (QED) is 0.525. The Morgan fingerprint density at radius 3 is 2.68 bits per heavy atom. The van der Waals surface area contributed by atoms with E-state index in [9.17, 15) is 10.1 Å². The molecule has 3 atom stereocenters. The average Bonchev–Trinajstić information content (AvgIpc) is 3.28. The molecule has 4 heterocycles. The third-order valence-corrected chi connectivity index (χ3v) is 8.11. The molecule has 3 aromatic rings. The summed E-state index contributed by atoms with van der Waals surface area (Å²) in [5, 5.41) is 12.7. The fourth-order valence-electron chi connectivity index (χ4n) is 6.21. The summed E-state index contributed by atoms with van der Waals surface area (Å²) in [7, 11) is 0. The van der Waals surface area contributed by atoms with E-state index in [4.69, 9.17) is 32.8 Å². The first kappa shape index (κ1) is 23.8. The number of morpholine rings is 1. The molecule has 0 spiro atoms. The highest BCUT2D eigenvalue weighted by atomic mass is 35.5. The molecule has 12 heteroatoms. The Labute approximate surface area is 218 Å². The molecule has 3 aliphatic rings. The number of halogens is 1. The zero-order chi connectivity index (χ0) is 25.7. The number of hydrogen-bond donors (Lipinski definition) is 2. The standard InChI is InChI=1S/C25H28ClN9O2/c26-16-5-3-6-17-20(16)24(36)35(33-8-10-37-11-9-33)23(30-17)19-12-14-4-1-2-7-18(14)34(19)22-15(13-27)21(28)31-25(29)32-22/h3,5-6,14,18-19H,1-2,4,7-12H2,(H4,28,29,31,32)/t14-,18-,19-/m0/s1. The lowest BCUT2D eigenvalue weighted by Crippen LogP contribution is -2.51. The van der Waals surface area contributed by atoms with Crippen molar-refractivity contribution in [2.75, 3.05) is 47.7 Å². The number of rotatable bonds is 3. The van der Waals surface area contributed by atoms with Gasteiger partial charge in [0.05, 0.1) is 48.3 Å². The fraction of sp³-hybridized carbons (Fsp3) is 0.480. The molecule has 4 N–H and O–H groups in total. The minimum Gasteiger partial charge on any atom is -0.382 e. The molecule has 192 valence electrons. The van der Waals surface area contributed by atoms with Crippen LogP contribution in [-0.2, 0) is 4.74 Å². The van der Waals surface area contributed by atoms with Gasteiger partial charge in [-0.1, -0.05) is 30.5 Å². The Bertz CT molecular complexity index is 1460. The van der Waals surface area contributed by atoms with Gasteiger partial charge in [-0.3, -0.25) is 4.79 Å². The topological polar surface area (TPSA) is 152 Å². The molecule has 11 nitrogen and oxygen atoms in total. The van der Waals surface area contributed by atoms with Gasteiger partial charge in [-0.05, 0) is 37.3 Å². The van der Waals surface area contributed by atoms with E-state index in [-0.39, 0.29) is 35.0 Å². The summed E-state index contributed by atoms with van der Waals surface area (Å²) in [6, 6.07) is 7.28. The van der Waals surface area contributed by atoms with Gasteiger partial charge in [-0.2, -0.15) is 15.2 Å². The highest BCUT2D eigenvalue weighted by Crippen LogP contribution is 2.48. The van der Waals surface area contributed by atoms with Gasteiger partial charge < -0.3 is 26.1 Å². The van der Waals surface area contributed by atoms with E-state index in [2.05, 4.69) is 20.9 Å². The van der Waals surface area contributed by atoms with Crippen LogP contribution >= 0.6 is 11.6 Å². The molecule has 6 rings (SSSR count). The van der Waals surface area contributed by atoms with Crippen molar-refractivity contribution in [3.63, 3.8) is 0 Å². The number of nitrogens with two attached hydrogens (primary N) is 2. The van der Waals surface area contributed by atoms with Crippen molar-refractivity contribution in [2.24, 2.45) is 5.92 Å². The first-order valence-electron chi connectivity index (χ1n) is 12.6. The Morgan fingerprint density at radius 2 is 1.89 bits per heavy atom. The molecule has 1 aromatic carbocycles. The number of nitrogens with zero attached hydrogens (tertiary/aromatic N) is 7. The number of ether oxygens (including phenoxy) is 1. The molecular weight excluding hydrogens is 494 g/mol. The highest BCUT2D eigenvalue weighted by molar-refractivity contribution is 6.35. The third-order valence-electron chi connectivity index (χ3n) is 7.80. The lowest BCUT2D eigenvalue weighted by Gasteiger charge is -2.37. The molecule has 37 heavy (non-hydrogen) atoms. The SMILES string of the molecule is N#Cc1c(N)nc(N)nc1N1[C@H](c2nc3cccc(Cl)c3c(=O)n2N2CCOCC2)C[C@@H]2CCCC[C@@H]21. The average molecular weight is 522 g/mol. The number of hydrogen-bond acceptors (Lipinski definition) is 10. The number of nitriles is 1. The first-order valence-corrected chi connectivity index (χ1v) is 13.0. The summed E-state index contributed by atoms with van der Waals surface area (Å²) >= 11 is 6.50. The minimum absolute atomic E-state index is 0.00771. The van der Waals surface area contributed by atoms with E-state index in [0.717, 1.165) is 32.1 Å². The number of anilines is 3. The van der Waals surface area contributed by atoms with Crippen LogP contribution in [0, 0.1) is 17.2 Å². The molecule has 1 aliphatic carbocycles. The minimum atomic E-state index is -0.326. The maximum absolute atomic E-state index is 14.0. The predicted molar refractivity (Wildman–Crippen MR) is 141 cm³/mol. The van der Waals surface area contributed by atoms with Crippen LogP contribution < -0.4 is 26.9 Å². The smallest absolute Gasteiger partial charge is 0.281 e. The predicted octanol–water partition coefficient (Wildman–Crippen LogP) is 2.35. The van der Waals surface area contributed by atoms with Crippen molar-refractivity contribution in [2.45, 2.75) is 44.2 Å². The molecule has 2 aromatic heterocycles. The van der Waals surface area contributed by atoms with Gasteiger partial charge in [0.1, 0.15) is 17.5 Å². The number of benzene rings is 1. The van der Waals surface area contributed by atoms with Crippen molar-refractivity contribution in [1.82, 2.24) is 19.6 Å². The monoisotopic (exact) mass is 521 g/mol. The zero-order valence-corrected chi connectivity index (χ0v) is 21.1.